The second-order valence-corrected chi connectivity index (χ2v) is 7.51. The van der Waals surface area contributed by atoms with Gasteiger partial charge in [-0.2, -0.15) is 0 Å². The second kappa shape index (κ2) is 7.30. The van der Waals surface area contributed by atoms with Gasteiger partial charge in [-0.3, -0.25) is 4.79 Å². The Hall–Kier alpha value is -1.62. The van der Waals surface area contributed by atoms with Gasteiger partial charge >= 0.3 is 0 Å². The number of benzene rings is 1. The van der Waals surface area contributed by atoms with Crippen molar-refractivity contribution in [3.63, 3.8) is 0 Å². The fraction of sp³-hybridized carbons (Fsp3) is 0.444. The average molecular weight is 379 g/mol. The Bertz CT molecular complexity index is 681. The molecule has 1 amide bonds. The molecule has 0 aliphatic rings. The summed E-state index contributed by atoms with van der Waals surface area (Å²) in [5, 5.41) is 7.07. The number of hydrogen-bond donors (Lipinski definition) is 1. The van der Waals surface area contributed by atoms with Gasteiger partial charge in [0.25, 0.3) is 0 Å². The summed E-state index contributed by atoms with van der Waals surface area (Å²) in [6.07, 6.45) is 1.08. The first kappa shape index (κ1) is 17.7. The molecular formula is C18H23BrN2O2. The fourth-order valence-electron chi connectivity index (χ4n) is 2.91. The van der Waals surface area contributed by atoms with Gasteiger partial charge in [-0.05, 0) is 43.9 Å². The largest absolute Gasteiger partial charge is 0.361 e. The fourth-order valence-corrected chi connectivity index (χ4v) is 3.31. The summed E-state index contributed by atoms with van der Waals surface area (Å²) < 4.78 is 6.03. The van der Waals surface area contributed by atoms with E-state index in [0.29, 0.717) is 17.4 Å². The molecule has 1 aromatic carbocycles. The van der Waals surface area contributed by atoms with E-state index in [1.165, 1.54) is 0 Å². The minimum atomic E-state index is -0.423. The maximum Gasteiger partial charge on any atom is 0.226 e. The zero-order valence-corrected chi connectivity index (χ0v) is 15.6. The highest BCUT2D eigenvalue weighted by atomic mass is 79.9. The van der Waals surface area contributed by atoms with E-state index in [1.807, 2.05) is 25.1 Å². The molecule has 2 aromatic rings. The Morgan fingerprint density at radius 3 is 2.70 bits per heavy atom. The summed E-state index contributed by atoms with van der Waals surface area (Å²) in [5.74, 6) is 1.11. The molecule has 0 saturated carbocycles. The van der Waals surface area contributed by atoms with Crippen molar-refractivity contribution in [1.82, 2.24) is 10.5 Å². The van der Waals surface area contributed by atoms with Gasteiger partial charge in [-0.25, -0.2) is 0 Å². The lowest BCUT2D eigenvalue weighted by Gasteiger charge is -2.33. The summed E-state index contributed by atoms with van der Waals surface area (Å²) in [6, 6.07) is 9.87. The molecule has 0 spiro atoms. The van der Waals surface area contributed by atoms with Crippen LogP contribution in [0.4, 0.5) is 0 Å². The van der Waals surface area contributed by atoms with Crippen LogP contribution in [0.5, 0.6) is 0 Å². The molecular weight excluding hydrogens is 356 g/mol. The number of amides is 1. The number of rotatable bonds is 6. The summed E-state index contributed by atoms with van der Waals surface area (Å²) in [5.41, 5.74) is 1.32. The molecule has 1 unspecified atom stereocenters. The van der Waals surface area contributed by atoms with Crippen LogP contribution in [0.2, 0.25) is 0 Å². The van der Waals surface area contributed by atoms with Crippen LogP contribution in [0.25, 0.3) is 0 Å². The maximum atomic E-state index is 12.5. The summed E-state index contributed by atoms with van der Waals surface area (Å²) in [6.45, 7) is 8.20. The van der Waals surface area contributed by atoms with Crippen LogP contribution in [-0.4, -0.2) is 11.1 Å². The highest BCUT2D eigenvalue weighted by Crippen LogP contribution is 2.30. The molecule has 0 fully saturated rings. The number of carbonyl (C=O) groups excluding carboxylic acids is 1. The van der Waals surface area contributed by atoms with E-state index in [0.717, 1.165) is 16.5 Å². The highest BCUT2D eigenvalue weighted by molar-refractivity contribution is 9.10. The van der Waals surface area contributed by atoms with Gasteiger partial charge in [0.05, 0.1) is 17.7 Å². The molecule has 0 radical (unpaired) electrons. The van der Waals surface area contributed by atoms with E-state index in [-0.39, 0.29) is 12.3 Å². The van der Waals surface area contributed by atoms with Gasteiger partial charge in [0.15, 0.2) is 0 Å². The Morgan fingerprint density at radius 1 is 1.39 bits per heavy atom. The minimum absolute atomic E-state index is 0.0542. The van der Waals surface area contributed by atoms with Gasteiger partial charge in [0.2, 0.25) is 5.91 Å². The van der Waals surface area contributed by atoms with E-state index >= 15 is 0 Å². The van der Waals surface area contributed by atoms with Gasteiger partial charge in [0.1, 0.15) is 5.76 Å². The topological polar surface area (TPSA) is 55.1 Å². The van der Waals surface area contributed by atoms with Crippen LogP contribution < -0.4 is 5.32 Å². The number of aryl methyl sites for hydroxylation is 1. The molecule has 0 aliphatic carbocycles. The average Bonchev–Trinajstić information content (AvgIpc) is 2.82. The van der Waals surface area contributed by atoms with Crippen molar-refractivity contribution >= 4 is 21.8 Å². The van der Waals surface area contributed by atoms with E-state index in [2.05, 4.69) is 53.2 Å². The van der Waals surface area contributed by atoms with E-state index in [1.54, 1.807) is 6.07 Å². The summed E-state index contributed by atoms with van der Waals surface area (Å²) in [7, 11) is 0. The van der Waals surface area contributed by atoms with Gasteiger partial charge in [-0.1, -0.05) is 47.1 Å². The van der Waals surface area contributed by atoms with E-state index in [9.17, 15) is 4.79 Å². The lowest BCUT2D eigenvalue weighted by molar-refractivity contribution is -0.122. The number of nitrogens with one attached hydrogen (secondary N) is 1. The standard InChI is InChI=1S/C18H23BrN2O2/c1-12(2)11-18(4,14-6-5-7-15(19)9-14)20-17(22)10-16-8-13(3)23-21-16/h5-9,12H,10-11H2,1-4H3,(H,20,22). The van der Waals surface area contributed by atoms with Gasteiger partial charge < -0.3 is 9.84 Å². The monoisotopic (exact) mass is 378 g/mol. The molecule has 0 aliphatic heterocycles. The van der Waals surface area contributed by atoms with E-state index < -0.39 is 5.54 Å². The molecule has 5 heteroatoms. The smallest absolute Gasteiger partial charge is 0.226 e. The third-order valence-electron chi connectivity index (χ3n) is 3.71. The normalized spacial score (nSPS) is 13.8. The van der Waals surface area contributed by atoms with Crippen molar-refractivity contribution in [3.05, 3.63) is 51.8 Å². The lowest BCUT2D eigenvalue weighted by Crippen LogP contribution is -2.45. The first-order valence-corrected chi connectivity index (χ1v) is 8.57. The zero-order chi connectivity index (χ0) is 17.0. The number of hydrogen-bond acceptors (Lipinski definition) is 3. The van der Waals surface area contributed by atoms with Crippen molar-refractivity contribution in [2.24, 2.45) is 5.92 Å². The molecule has 1 aromatic heterocycles. The van der Waals surface area contributed by atoms with Crippen molar-refractivity contribution in [3.8, 4) is 0 Å². The van der Waals surface area contributed by atoms with Crippen LogP contribution in [0.1, 0.15) is 44.2 Å². The van der Waals surface area contributed by atoms with Crippen LogP contribution in [-0.2, 0) is 16.8 Å². The van der Waals surface area contributed by atoms with Gasteiger partial charge in [0, 0.05) is 10.5 Å². The molecule has 2 rings (SSSR count). The summed E-state index contributed by atoms with van der Waals surface area (Å²) >= 11 is 3.51. The SMILES string of the molecule is Cc1cc(CC(=O)NC(C)(CC(C)C)c2cccc(Br)c2)no1. The molecule has 0 bridgehead atoms. The molecule has 4 nitrogen and oxygen atoms in total. The van der Waals surface area contributed by atoms with Gasteiger partial charge in [-0.15, -0.1) is 0 Å². The maximum absolute atomic E-state index is 12.5. The van der Waals surface area contributed by atoms with Crippen LogP contribution in [0.3, 0.4) is 0 Å². The second-order valence-electron chi connectivity index (χ2n) is 6.59. The van der Waals surface area contributed by atoms with Crippen LogP contribution in [0, 0.1) is 12.8 Å². The van der Waals surface area contributed by atoms with E-state index in [4.69, 9.17) is 4.52 Å². The Kier molecular flexibility index (Phi) is 5.63. The predicted molar refractivity (Wildman–Crippen MR) is 94.0 cm³/mol. The van der Waals surface area contributed by atoms with Crippen LogP contribution >= 0.6 is 15.9 Å². The number of nitrogens with zero attached hydrogens (tertiary/aromatic N) is 1. The Labute approximate surface area is 145 Å². The molecule has 1 N–H and O–H groups in total. The highest BCUT2D eigenvalue weighted by Gasteiger charge is 2.30. The molecule has 1 heterocycles. The Morgan fingerprint density at radius 2 is 2.13 bits per heavy atom. The molecule has 0 saturated heterocycles. The lowest BCUT2D eigenvalue weighted by atomic mass is 9.84. The minimum Gasteiger partial charge on any atom is -0.361 e. The van der Waals surface area contributed by atoms with Crippen molar-refractivity contribution in [2.75, 3.05) is 0 Å². The molecule has 23 heavy (non-hydrogen) atoms. The quantitative estimate of drug-likeness (QED) is 0.811. The predicted octanol–water partition coefficient (Wildman–Crippen LogP) is 4.37. The molecule has 124 valence electrons. The third-order valence-corrected chi connectivity index (χ3v) is 4.21. The van der Waals surface area contributed by atoms with Crippen LogP contribution in [0.15, 0.2) is 39.3 Å². The first-order valence-electron chi connectivity index (χ1n) is 7.78. The number of halogens is 1. The number of carbonyl (C=O) groups is 1. The first-order chi connectivity index (χ1) is 10.8. The zero-order valence-electron chi connectivity index (χ0n) is 14.0. The third kappa shape index (κ3) is 4.93. The van der Waals surface area contributed by atoms with Crippen molar-refractivity contribution in [1.29, 1.82) is 0 Å². The molecule has 1 atom stereocenters. The summed E-state index contributed by atoms with van der Waals surface area (Å²) in [4.78, 5) is 12.5. The number of aromatic nitrogens is 1. The van der Waals surface area contributed by atoms with Crippen molar-refractivity contribution in [2.45, 2.75) is 46.1 Å². The van der Waals surface area contributed by atoms with Crippen molar-refractivity contribution < 1.29 is 9.32 Å². The Balaban J connectivity index is 2.19.